The molecule has 0 amide bonds. The van der Waals surface area contributed by atoms with Gasteiger partial charge < -0.3 is 5.73 Å². The second-order valence-electron chi connectivity index (χ2n) is 3.85. The van der Waals surface area contributed by atoms with Gasteiger partial charge in [0.15, 0.2) is 0 Å². The van der Waals surface area contributed by atoms with E-state index in [-0.39, 0.29) is 23.4 Å². The van der Waals surface area contributed by atoms with Crippen LogP contribution >= 0.6 is 11.6 Å². The summed E-state index contributed by atoms with van der Waals surface area (Å²) in [6.45, 7) is 0. The van der Waals surface area contributed by atoms with Crippen molar-refractivity contribution in [1.82, 2.24) is 0 Å². The van der Waals surface area contributed by atoms with Crippen LogP contribution in [0.3, 0.4) is 0 Å². The number of rotatable bonds is 4. The molecule has 0 fully saturated rings. The Morgan fingerprint density at radius 2 is 1.94 bits per heavy atom. The summed E-state index contributed by atoms with van der Waals surface area (Å²) in [5.41, 5.74) is 5.80. The summed E-state index contributed by atoms with van der Waals surface area (Å²) < 4.78 is 49.1. The van der Waals surface area contributed by atoms with Crippen molar-refractivity contribution in [2.75, 3.05) is 0 Å². The first-order valence-electron chi connectivity index (χ1n) is 5.04. The average Bonchev–Trinajstić information content (AvgIpc) is 2.18. The highest BCUT2D eigenvalue weighted by atomic mass is 35.5. The Morgan fingerprint density at radius 1 is 1.29 bits per heavy atom. The van der Waals surface area contributed by atoms with E-state index in [1.54, 1.807) is 0 Å². The molecule has 0 saturated heterocycles. The molecule has 0 aromatic heterocycles. The summed E-state index contributed by atoms with van der Waals surface area (Å²) in [5, 5.41) is 0.245. The third kappa shape index (κ3) is 5.37. The number of halogens is 5. The van der Waals surface area contributed by atoms with E-state index >= 15 is 0 Å². The molecule has 0 bridgehead atoms. The van der Waals surface area contributed by atoms with Crippen LogP contribution in [0.1, 0.15) is 18.4 Å². The minimum Gasteiger partial charge on any atom is -0.327 e. The number of nitrogens with two attached hydrogens (primary N) is 1. The van der Waals surface area contributed by atoms with Gasteiger partial charge in [0.25, 0.3) is 0 Å². The summed E-state index contributed by atoms with van der Waals surface area (Å²) in [5.74, 6) is -0.542. The zero-order chi connectivity index (χ0) is 13.1. The molecule has 1 unspecified atom stereocenters. The average molecular weight is 270 g/mol. The van der Waals surface area contributed by atoms with Gasteiger partial charge in [-0.15, -0.1) is 0 Å². The largest absolute Gasteiger partial charge is 0.389 e. The molecule has 1 rings (SSSR count). The topological polar surface area (TPSA) is 26.0 Å². The van der Waals surface area contributed by atoms with Crippen LogP contribution in [0.15, 0.2) is 18.2 Å². The minimum atomic E-state index is -4.23. The van der Waals surface area contributed by atoms with E-state index in [4.69, 9.17) is 17.3 Å². The maximum atomic E-state index is 13.3. The van der Waals surface area contributed by atoms with Crippen molar-refractivity contribution in [1.29, 1.82) is 0 Å². The quantitative estimate of drug-likeness (QED) is 0.829. The summed E-state index contributed by atoms with van der Waals surface area (Å²) in [7, 11) is 0. The van der Waals surface area contributed by atoms with E-state index in [1.165, 1.54) is 12.1 Å². The van der Waals surface area contributed by atoms with E-state index in [2.05, 4.69) is 0 Å². The van der Waals surface area contributed by atoms with Gasteiger partial charge in [-0.3, -0.25) is 0 Å². The fourth-order valence-corrected chi connectivity index (χ4v) is 1.58. The smallest absolute Gasteiger partial charge is 0.327 e. The zero-order valence-corrected chi connectivity index (χ0v) is 9.65. The maximum absolute atomic E-state index is 13.3. The van der Waals surface area contributed by atoms with Crippen molar-refractivity contribution >= 4 is 11.6 Å². The highest BCUT2D eigenvalue weighted by Crippen LogP contribution is 2.23. The standard InChI is InChI=1S/C11H12ClF4N/c12-8-2-1-7(10(13)6-8)5-9(17)3-4-11(14,15)16/h1-2,6,9H,3-5,17H2. The van der Waals surface area contributed by atoms with E-state index in [9.17, 15) is 17.6 Å². The van der Waals surface area contributed by atoms with Crippen LogP contribution in [0, 0.1) is 5.82 Å². The molecule has 0 aliphatic heterocycles. The summed E-state index contributed by atoms with van der Waals surface area (Å²) in [4.78, 5) is 0. The van der Waals surface area contributed by atoms with Gasteiger partial charge in [-0.05, 0) is 30.5 Å². The lowest BCUT2D eigenvalue weighted by Crippen LogP contribution is -2.25. The molecular weight excluding hydrogens is 258 g/mol. The van der Waals surface area contributed by atoms with Crippen molar-refractivity contribution in [3.05, 3.63) is 34.6 Å². The Hall–Kier alpha value is -0.810. The second kappa shape index (κ2) is 5.69. The Labute approximate surface area is 102 Å². The molecule has 2 N–H and O–H groups in total. The number of hydrogen-bond acceptors (Lipinski definition) is 1. The predicted octanol–water partition coefficient (Wildman–Crippen LogP) is 3.69. The second-order valence-corrected chi connectivity index (χ2v) is 4.29. The number of benzene rings is 1. The molecule has 0 radical (unpaired) electrons. The highest BCUT2D eigenvalue weighted by Gasteiger charge is 2.27. The zero-order valence-electron chi connectivity index (χ0n) is 8.90. The molecule has 0 aliphatic carbocycles. The van der Waals surface area contributed by atoms with E-state index in [0.29, 0.717) is 0 Å². The Bertz CT molecular complexity index is 378. The van der Waals surface area contributed by atoms with Gasteiger partial charge in [0, 0.05) is 17.5 Å². The SMILES string of the molecule is NC(CCC(F)(F)F)Cc1ccc(Cl)cc1F. The Balaban J connectivity index is 2.53. The van der Waals surface area contributed by atoms with Gasteiger partial charge >= 0.3 is 6.18 Å². The van der Waals surface area contributed by atoms with Crippen molar-refractivity contribution in [2.24, 2.45) is 5.73 Å². The molecular formula is C11H12ClF4N. The fourth-order valence-electron chi connectivity index (χ4n) is 1.42. The van der Waals surface area contributed by atoms with Gasteiger partial charge in [-0.25, -0.2) is 4.39 Å². The van der Waals surface area contributed by atoms with Crippen LogP contribution in [-0.2, 0) is 6.42 Å². The van der Waals surface area contributed by atoms with E-state index in [0.717, 1.165) is 6.07 Å². The predicted molar refractivity (Wildman–Crippen MR) is 58.4 cm³/mol. The van der Waals surface area contributed by atoms with E-state index in [1.807, 2.05) is 0 Å². The van der Waals surface area contributed by atoms with Crippen LogP contribution in [0.25, 0.3) is 0 Å². The Morgan fingerprint density at radius 3 is 2.47 bits per heavy atom. The first kappa shape index (κ1) is 14.3. The van der Waals surface area contributed by atoms with Crippen LogP contribution in [-0.4, -0.2) is 12.2 Å². The van der Waals surface area contributed by atoms with Gasteiger partial charge in [-0.2, -0.15) is 13.2 Å². The number of hydrogen-bond donors (Lipinski definition) is 1. The molecule has 96 valence electrons. The molecule has 1 nitrogen and oxygen atoms in total. The third-order valence-corrected chi connectivity index (χ3v) is 2.53. The summed E-state index contributed by atoms with van der Waals surface area (Å²) in [6.07, 6.45) is -5.33. The molecule has 17 heavy (non-hydrogen) atoms. The van der Waals surface area contributed by atoms with Crippen LogP contribution in [0.4, 0.5) is 17.6 Å². The lowest BCUT2D eigenvalue weighted by atomic mass is 10.0. The van der Waals surface area contributed by atoms with Gasteiger partial charge in [0.05, 0.1) is 0 Å². The van der Waals surface area contributed by atoms with Crippen LogP contribution in [0.2, 0.25) is 5.02 Å². The maximum Gasteiger partial charge on any atom is 0.389 e. The normalized spacial score (nSPS) is 13.8. The van der Waals surface area contributed by atoms with Gasteiger partial charge in [0.2, 0.25) is 0 Å². The highest BCUT2D eigenvalue weighted by molar-refractivity contribution is 6.30. The van der Waals surface area contributed by atoms with Crippen molar-refractivity contribution in [2.45, 2.75) is 31.5 Å². The molecule has 6 heteroatoms. The van der Waals surface area contributed by atoms with Gasteiger partial charge in [0.1, 0.15) is 5.82 Å². The summed E-state index contributed by atoms with van der Waals surface area (Å²) >= 11 is 5.55. The number of alkyl halides is 3. The van der Waals surface area contributed by atoms with Crippen molar-refractivity contribution in [3.8, 4) is 0 Å². The molecule has 1 aromatic rings. The van der Waals surface area contributed by atoms with Crippen LogP contribution in [0.5, 0.6) is 0 Å². The molecule has 0 saturated carbocycles. The van der Waals surface area contributed by atoms with Crippen molar-refractivity contribution < 1.29 is 17.6 Å². The monoisotopic (exact) mass is 269 g/mol. The van der Waals surface area contributed by atoms with Crippen LogP contribution < -0.4 is 5.73 Å². The van der Waals surface area contributed by atoms with Crippen molar-refractivity contribution in [3.63, 3.8) is 0 Å². The van der Waals surface area contributed by atoms with E-state index < -0.39 is 24.5 Å². The molecule has 0 spiro atoms. The molecule has 0 heterocycles. The first-order chi connectivity index (χ1) is 7.78. The lowest BCUT2D eigenvalue weighted by Gasteiger charge is -2.13. The third-order valence-electron chi connectivity index (χ3n) is 2.30. The molecule has 0 aliphatic rings. The molecule has 1 aromatic carbocycles. The fraction of sp³-hybridized carbons (Fsp3) is 0.455. The Kier molecular flexibility index (Phi) is 4.77. The van der Waals surface area contributed by atoms with Gasteiger partial charge in [-0.1, -0.05) is 17.7 Å². The first-order valence-corrected chi connectivity index (χ1v) is 5.42. The minimum absolute atomic E-state index is 0.0685. The lowest BCUT2D eigenvalue weighted by molar-refractivity contribution is -0.136. The summed E-state index contributed by atoms with van der Waals surface area (Å²) in [6, 6.07) is 3.32. The molecule has 1 atom stereocenters.